The number of carbonyl (C=O) groups is 1. The molecule has 4 N–H and O–H groups in total. The van der Waals surface area contributed by atoms with Gasteiger partial charge in [0.25, 0.3) is 0 Å². The Kier molecular flexibility index (Phi) is 7.73. The number of aromatic nitrogens is 4. The minimum Gasteiger partial charge on any atom is -0.480 e. The van der Waals surface area contributed by atoms with E-state index in [1.165, 1.54) is 35.1 Å². The van der Waals surface area contributed by atoms with Crippen LogP contribution in [0.15, 0.2) is 36.5 Å². The lowest BCUT2D eigenvalue weighted by molar-refractivity contribution is -0.198. The van der Waals surface area contributed by atoms with Crippen molar-refractivity contribution >= 4 is 29.3 Å². The molecule has 0 unspecified atom stereocenters. The van der Waals surface area contributed by atoms with Gasteiger partial charge in [-0.3, -0.25) is 4.79 Å². The smallest absolute Gasteiger partial charge is 0.429 e. The van der Waals surface area contributed by atoms with E-state index in [9.17, 15) is 18.0 Å². The number of hydrogen-bond donors (Lipinski definition) is 3. The van der Waals surface area contributed by atoms with Gasteiger partial charge in [0.1, 0.15) is 5.82 Å². The summed E-state index contributed by atoms with van der Waals surface area (Å²) in [6, 6.07) is 6.95. The molecule has 3 heterocycles. The van der Waals surface area contributed by atoms with E-state index in [2.05, 4.69) is 20.4 Å². The molecule has 10 nitrogen and oxygen atoms in total. The summed E-state index contributed by atoms with van der Waals surface area (Å²) in [5.41, 5.74) is 6.35. The zero-order valence-electron chi connectivity index (χ0n) is 19.7. The van der Waals surface area contributed by atoms with E-state index in [4.69, 9.17) is 27.2 Å². The zero-order chi connectivity index (χ0) is 26.7. The molecule has 4 rings (SSSR count). The van der Waals surface area contributed by atoms with Crippen LogP contribution in [-0.4, -0.2) is 62.7 Å². The number of ether oxygens (including phenoxy) is 1. The van der Waals surface area contributed by atoms with Crippen LogP contribution >= 0.6 is 11.6 Å². The number of carboxylic acid groups (broad SMARTS) is 1. The number of aryl methyl sites for hydroxylation is 1. The molecule has 198 valence electrons. The summed E-state index contributed by atoms with van der Waals surface area (Å²) in [6.07, 6.45) is -4.42. The Morgan fingerprint density at radius 3 is 2.62 bits per heavy atom. The number of hydrogen-bond acceptors (Lipinski definition) is 8. The lowest BCUT2D eigenvalue weighted by Crippen LogP contribution is -2.44. The highest BCUT2D eigenvalue weighted by Gasteiger charge is 2.45. The van der Waals surface area contributed by atoms with Crippen LogP contribution in [0, 0.1) is 6.92 Å². The van der Waals surface area contributed by atoms with Gasteiger partial charge in [-0.2, -0.15) is 28.2 Å². The van der Waals surface area contributed by atoms with Crippen LogP contribution in [0.5, 0.6) is 5.88 Å². The van der Waals surface area contributed by atoms with Crippen molar-refractivity contribution in [2.45, 2.75) is 38.1 Å². The summed E-state index contributed by atoms with van der Waals surface area (Å²) in [5.74, 6) is -1.20. The summed E-state index contributed by atoms with van der Waals surface area (Å²) in [5, 5.41) is 16.2. The van der Waals surface area contributed by atoms with E-state index >= 15 is 0 Å². The summed E-state index contributed by atoms with van der Waals surface area (Å²) >= 11 is 6.09. The van der Waals surface area contributed by atoms with Crippen LogP contribution in [0.2, 0.25) is 5.02 Å². The van der Waals surface area contributed by atoms with Crippen molar-refractivity contribution in [3.63, 3.8) is 0 Å². The molecule has 1 fully saturated rings. The van der Waals surface area contributed by atoms with E-state index in [0.29, 0.717) is 37.4 Å². The van der Waals surface area contributed by atoms with E-state index < -0.39 is 18.2 Å². The number of carboxylic acids is 1. The van der Waals surface area contributed by atoms with Crippen molar-refractivity contribution in [3.8, 4) is 11.6 Å². The van der Waals surface area contributed by atoms with Crippen molar-refractivity contribution in [2.75, 3.05) is 30.3 Å². The van der Waals surface area contributed by atoms with Gasteiger partial charge in [-0.25, -0.2) is 4.68 Å². The van der Waals surface area contributed by atoms with E-state index in [0.717, 1.165) is 0 Å². The number of rotatable bonds is 8. The number of nitrogens with two attached hydrogens (primary N) is 1. The third kappa shape index (κ3) is 6.60. The van der Waals surface area contributed by atoms with Crippen LogP contribution in [0.3, 0.4) is 0 Å². The van der Waals surface area contributed by atoms with Crippen molar-refractivity contribution in [2.24, 2.45) is 0 Å². The minimum absolute atomic E-state index is 0.00567. The Morgan fingerprint density at radius 2 is 2.00 bits per heavy atom. The van der Waals surface area contributed by atoms with Crippen molar-refractivity contribution in [3.05, 3.63) is 52.8 Å². The van der Waals surface area contributed by atoms with E-state index in [1.54, 1.807) is 13.0 Å². The minimum atomic E-state index is -4.81. The maximum atomic E-state index is 14.3. The fourth-order valence-corrected chi connectivity index (χ4v) is 4.28. The number of nitrogens with zero attached hydrogens (tertiary/aromatic N) is 5. The second-order valence-electron chi connectivity index (χ2n) is 8.60. The molecule has 1 aliphatic rings. The number of alkyl halides is 3. The lowest BCUT2D eigenvalue weighted by Gasteiger charge is -2.33. The SMILES string of the molecule is Cc1ccn(-c2cc(Cl)ccc2[C@@H](Oc2cc(N3CCC(NCC(=O)O)CC3)nc(N)n2)C(F)(F)F)n1. The van der Waals surface area contributed by atoms with Gasteiger partial charge in [0, 0.05) is 42.0 Å². The summed E-state index contributed by atoms with van der Waals surface area (Å²) in [4.78, 5) is 20.7. The monoisotopic (exact) mass is 539 g/mol. The maximum Gasteiger partial charge on any atom is 0.429 e. The lowest BCUT2D eigenvalue weighted by atomic mass is 10.1. The van der Waals surface area contributed by atoms with Gasteiger partial charge in [0.05, 0.1) is 17.9 Å². The van der Waals surface area contributed by atoms with Crippen LogP contribution in [0.4, 0.5) is 24.9 Å². The third-order valence-corrected chi connectivity index (χ3v) is 6.08. The quantitative estimate of drug-likeness (QED) is 0.393. The molecular weight excluding hydrogens is 515 g/mol. The standard InChI is InChI=1S/C23H25ClF3N7O3/c1-13-4-9-34(32-13)17-10-14(24)2-3-16(17)21(23(25,26)27)37-19-11-18(30-22(28)31-19)33-7-5-15(6-8-33)29-12-20(35)36/h2-4,9-11,15,21,29H,5-8,12H2,1H3,(H,35,36)(H2,28,30,31)/t21-/m1/s1. The van der Waals surface area contributed by atoms with Gasteiger partial charge in [-0.15, -0.1) is 0 Å². The average Bonchev–Trinajstić information content (AvgIpc) is 3.27. The Labute approximate surface area is 215 Å². The van der Waals surface area contributed by atoms with Crippen molar-refractivity contribution in [1.82, 2.24) is 25.1 Å². The summed E-state index contributed by atoms with van der Waals surface area (Å²) < 4.78 is 49.6. The number of anilines is 2. The highest BCUT2D eigenvalue weighted by atomic mass is 35.5. The van der Waals surface area contributed by atoms with E-state index in [1.807, 2.05) is 4.90 Å². The molecule has 0 saturated carbocycles. The first-order valence-corrected chi connectivity index (χ1v) is 11.8. The van der Waals surface area contributed by atoms with Crippen LogP contribution in [0.25, 0.3) is 5.69 Å². The van der Waals surface area contributed by atoms with Gasteiger partial charge in [-0.05, 0) is 38.0 Å². The fraction of sp³-hybridized carbons (Fsp3) is 0.391. The molecule has 1 saturated heterocycles. The number of piperidine rings is 1. The first kappa shape index (κ1) is 26.5. The molecule has 14 heteroatoms. The molecule has 37 heavy (non-hydrogen) atoms. The van der Waals surface area contributed by atoms with Crippen LogP contribution < -0.4 is 20.7 Å². The molecule has 1 aromatic carbocycles. The molecule has 2 aromatic heterocycles. The van der Waals surface area contributed by atoms with Crippen LogP contribution in [0.1, 0.15) is 30.2 Å². The number of benzene rings is 1. The third-order valence-electron chi connectivity index (χ3n) is 5.85. The maximum absolute atomic E-state index is 14.3. The molecule has 1 atom stereocenters. The number of halogens is 4. The van der Waals surface area contributed by atoms with Crippen molar-refractivity contribution in [1.29, 1.82) is 0 Å². The molecular formula is C23H25ClF3N7O3. The molecule has 0 aliphatic carbocycles. The first-order valence-electron chi connectivity index (χ1n) is 11.4. The van der Waals surface area contributed by atoms with Gasteiger partial charge < -0.3 is 25.8 Å². The highest BCUT2D eigenvalue weighted by Crippen LogP contribution is 2.40. The fourth-order valence-electron chi connectivity index (χ4n) is 4.11. The molecule has 0 amide bonds. The van der Waals surface area contributed by atoms with Gasteiger partial charge in [0.15, 0.2) is 0 Å². The predicted molar refractivity (Wildman–Crippen MR) is 130 cm³/mol. The Hall–Kier alpha value is -3.58. The number of nitrogen functional groups attached to an aromatic ring is 1. The Morgan fingerprint density at radius 1 is 1.27 bits per heavy atom. The Bertz CT molecular complexity index is 1260. The highest BCUT2D eigenvalue weighted by molar-refractivity contribution is 6.30. The van der Waals surface area contributed by atoms with Crippen LogP contribution in [-0.2, 0) is 4.79 Å². The van der Waals surface area contributed by atoms with Crippen molar-refractivity contribution < 1.29 is 27.8 Å². The molecule has 0 spiro atoms. The normalized spacial score (nSPS) is 15.5. The molecule has 0 bridgehead atoms. The topological polar surface area (TPSA) is 131 Å². The number of nitrogens with one attached hydrogen (secondary N) is 1. The van der Waals surface area contributed by atoms with E-state index in [-0.39, 0.29) is 40.7 Å². The largest absolute Gasteiger partial charge is 0.480 e. The first-order chi connectivity index (χ1) is 17.5. The second kappa shape index (κ2) is 10.8. The zero-order valence-corrected chi connectivity index (χ0v) is 20.5. The second-order valence-corrected chi connectivity index (χ2v) is 9.04. The average molecular weight is 540 g/mol. The Balaban J connectivity index is 1.60. The van der Waals surface area contributed by atoms with Gasteiger partial charge in [0.2, 0.25) is 17.9 Å². The van der Waals surface area contributed by atoms with Gasteiger partial charge in [-0.1, -0.05) is 17.7 Å². The number of aliphatic carboxylic acids is 1. The van der Waals surface area contributed by atoms with Gasteiger partial charge >= 0.3 is 12.1 Å². The summed E-state index contributed by atoms with van der Waals surface area (Å²) in [7, 11) is 0. The summed E-state index contributed by atoms with van der Waals surface area (Å²) in [6.45, 7) is 2.56. The molecule has 1 aliphatic heterocycles. The molecule has 3 aromatic rings. The predicted octanol–water partition coefficient (Wildman–Crippen LogP) is 3.53. The molecule has 0 radical (unpaired) electrons.